The normalized spacial score (nSPS) is 19.1. The maximum atomic E-state index is 12.0. The van der Waals surface area contributed by atoms with Crippen molar-refractivity contribution >= 4 is 16.5 Å². The van der Waals surface area contributed by atoms with Gasteiger partial charge in [0.15, 0.2) is 0 Å². The summed E-state index contributed by atoms with van der Waals surface area (Å²) in [7, 11) is -0.931. The van der Waals surface area contributed by atoms with E-state index in [1.165, 1.54) is 0 Å². The summed E-state index contributed by atoms with van der Waals surface area (Å²) in [5.74, 6) is 0.671. The van der Waals surface area contributed by atoms with Gasteiger partial charge in [-0.3, -0.25) is 9.11 Å². The fourth-order valence-electron chi connectivity index (χ4n) is 1.77. The molecule has 0 bridgehead atoms. The van der Waals surface area contributed by atoms with Crippen LogP contribution in [-0.2, 0) is 15.5 Å². The molecular formula is C12H18N2O2S. The third-order valence-electron chi connectivity index (χ3n) is 2.84. The van der Waals surface area contributed by atoms with E-state index in [2.05, 4.69) is 4.90 Å². The smallest absolute Gasteiger partial charge is 0.0594 e. The van der Waals surface area contributed by atoms with Crippen molar-refractivity contribution in [2.45, 2.75) is 4.90 Å². The van der Waals surface area contributed by atoms with Crippen LogP contribution in [0.5, 0.6) is 0 Å². The number of ether oxygens (including phenoxy) is 1. The predicted octanol–water partition coefficient (Wildman–Crippen LogP) is 0.709. The highest BCUT2D eigenvalue weighted by atomic mass is 32.2. The molecule has 1 aliphatic rings. The number of nitrogens with zero attached hydrogens (tertiary/aromatic N) is 1. The molecule has 0 saturated carbocycles. The Kier molecular flexibility index (Phi) is 4.53. The molecule has 0 radical (unpaired) electrons. The zero-order valence-electron chi connectivity index (χ0n) is 9.80. The topological polar surface area (TPSA) is 55.6 Å². The summed E-state index contributed by atoms with van der Waals surface area (Å²) >= 11 is 0. The van der Waals surface area contributed by atoms with Gasteiger partial charge in [-0.15, -0.1) is 0 Å². The molecule has 1 fully saturated rings. The van der Waals surface area contributed by atoms with Gasteiger partial charge in [0.1, 0.15) is 0 Å². The van der Waals surface area contributed by atoms with Gasteiger partial charge < -0.3 is 10.5 Å². The molecule has 0 amide bonds. The molecule has 1 unspecified atom stereocenters. The molecule has 4 nitrogen and oxygen atoms in total. The first-order chi connectivity index (χ1) is 8.25. The molecule has 0 spiro atoms. The Hall–Kier alpha value is -0.910. The van der Waals surface area contributed by atoms with E-state index in [4.69, 9.17) is 10.5 Å². The lowest BCUT2D eigenvalue weighted by Gasteiger charge is -2.26. The van der Waals surface area contributed by atoms with Crippen LogP contribution in [0, 0.1) is 0 Å². The van der Waals surface area contributed by atoms with Gasteiger partial charge in [-0.25, -0.2) is 0 Å². The Labute approximate surface area is 104 Å². The minimum atomic E-state index is -0.931. The van der Waals surface area contributed by atoms with Crippen LogP contribution >= 0.6 is 0 Å². The highest BCUT2D eigenvalue weighted by molar-refractivity contribution is 7.85. The zero-order valence-corrected chi connectivity index (χ0v) is 10.6. The molecule has 2 rings (SSSR count). The van der Waals surface area contributed by atoms with Crippen LogP contribution in [0.3, 0.4) is 0 Å². The number of hydrogen-bond acceptors (Lipinski definition) is 4. The largest absolute Gasteiger partial charge is 0.399 e. The first-order valence-corrected chi connectivity index (χ1v) is 7.11. The molecule has 2 N–H and O–H groups in total. The third-order valence-corrected chi connectivity index (χ3v) is 4.19. The van der Waals surface area contributed by atoms with Crippen molar-refractivity contribution in [1.29, 1.82) is 0 Å². The number of morpholine rings is 1. The lowest BCUT2D eigenvalue weighted by molar-refractivity contribution is 0.0409. The molecule has 1 atom stereocenters. The Morgan fingerprint density at radius 2 is 1.88 bits per heavy atom. The number of benzene rings is 1. The van der Waals surface area contributed by atoms with Crippen molar-refractivity contribution < 1.29 is 8.95 Å². The van der Waals surface area contributed by atoms with E-state index >= 15 is 0 Å². The quantitative estimate of drug-likeness (QED) is 0.804. The van der Waals surface area contributed by atoms with Gasteiger partial charge in [0.25, 0.3) is 0 Å². The van der Waals surface area contributed by atoms with Crippen LogP contribution in [0.1, 0.15) is 0 Å². The second-order valence-corrected chi connectivity index (χ2v) is 5.64. The fraction of sp³-hybridized carbons (Fsp3) is 0.500. The second-order valence-electron chi connectivity index (χ2n) is 4.07. The lowest BCUT2D eigenvalue weighted by atomic mass is 10.3. The Morgan fingerprint density at radius 3 is 2.53 bits per heavy atom. The van der Waals surface area contributed by atoms with Crippen LogP contribution in [-0.4, -0.2) is 47.7 Å². The van der Waals surface area contributed by atoms with Crippen molar-refractivity contribution in [3.8, 4) is 0 Å². The van der Waals surface area contributed by atoms with Gasteiger partial charge in [0, 0.05) is 36.0 Å². The SMILES string of the molecule is Nc1ccc(S(=O)CCN2CCOCC2)cc1. The summed E-state index contributed by atoms with van der Waals surface area (Å²) in [6.07, 6.45) is 0. The molecule has 1 aliphatic heterocycles. The number of anilines is 1. The molecule has 5 heteroatoms. The minimum Gasteiger partial charge on any atom is -0.399 e. The first-order valence-electron chi connectivity index (χ1n) is 5.80. The maximum absolute atomic E-state index is 12.0. The van der Waals surface area contributed by atoms with Crippen molar-refractivity contribution in [1.82, 2.24) is 4.90 Å². The fourth-order valence-corrected chi connectivity index (χ4v) is 2.87. The maximum Gasteiger partial charge on any atom is 0.0594 e. The minimum absolute atomic E-state index is 0.671. The van der Waals surface area contributed by atoms with Crippen LogP contribution in [0.2, 0.25) is 0 Å². The molecule has 1 aromatic rings. The van der Waals surface area contributed by atoms with Gasteiger partial charge in [-0.1, -0.05) is 0 Å². The van der Waals surface area contributed by atoms with E-state index in [9.17, 15) is 4.21 Å². The summed E-state index contributed by atoms with van der Waals surface area (Å²) in [6.45, 7) is 4.32. The predicted molar refractivity (Wildman–Crippen MR) is 69.4 cm³/mol. The van der Waals surface area contributed by atoms with E-state index in [0.29, 0.717) is 11.4 Å². The van der Waals surface area contributed by atoms with Gasteiger partial charge >= 0.3 is 0 Å². The Bertz CT molecular complexity index is 375. The van der Waals surface area contributed by atoms with E-state index in [1.807, 2.05) is 12.1 Å². The number of hydrogen-bond donors (Lipinski definition) is 1. The highest BCUT2D eigenvalue weighted by Crippen LogP contribution is 2.10. The van der Waals surface area contributed by atoms with Crippen LogP contribution in [0.4, 0.5) is 5.69 Å². The molecule has 1 saturated heterocycles. The summed E-state index contributed by atoms with van der Waals surface area (Å²) in [5.41, 5.74) is 6.30. The number of rotatable bonds is 4. The summed E-state index contributed by atoms with van der Waals surface area (Å²) in [5, 5.41) is 0. The van der Waals surface area contributed by atoms with Crippen LogP contribution < -0.4 is 5.73 Å². The number of nitrogens with two attached hydrogens (primary N) is 1. The van der Waals surface area contributed by atoms with Crippen molar-refractivity contribution in [2.24, 2.45) is 0 Å². The Morgan fingerprint density at radius 1 is 1.24 bits per heavy atom. The van der Waals surface area contributed by atoms with Crippen LogP contribution in [0.15, 0.2) is 29.2 Å². The number of nitrogen functional groups attached to an aromatic ring is 1. The van der Waals surface area contributed by atoms with Gasteiger partial charge in [0.2, 0.25) is 0 Å². The average Bonchev–Trinajstić information content (AvgIpc) is 2.38. The van der Waals surface area contributed by atoms with Gasteiger partial charge in [-0.05, 0) is 24.3 Å². The van der Waals surface area contributed by atoms with Crippen molar-refractivity contribution in [3.63, 3.8) is 0 Å². The molecular weight excluding hydrogens is 236 g/mol. The van der Waals surface area contributed by atoms with Gasteiger partial charge in [0.05, 0.1) is 24.0 Å². The molecule has 1 aromatic carbocycles. The van der Waals surface area contributed by atoms with Crippen molar-refractivity contribution in [3.05, 3.63) is 24.3 Å². The Balaban J connectivity index is 1.82. The summed E-state index contributed by atoms with van der Waals surface area (Å²) in [4.78, 5) is 3.14. The van der Waals surface area contributed by atoms with E-state index < -0.39 is 10.8 Å². The molecule has 17 heavy (non-hydrogen) atoms. The third kappa shape index (κ3) is 3.80. The molecule has 0 aliphatic carbocycles. The summed E-state index contributed by atoms with van der Waals surface area (Å²) in [6, 6.07) is 7.26. The monoisotopic (exact) mass is 254 g/mol. The second kappa shape index (κ2) is 6.14. The average molecular weight is 254 g/mol. The van der Waals surface area contributed by atoms with Gasteiger partial charge in [-0.2, -0.15) is 0 Å². The van der Waals surface area contributed by atoms with E-state index in [0.717, 1.165) is 37.7 Å². The lowest BCUT2D eigenvalue weighted by Crippen LogP contribution is -2.38. The zero-order chi connectivity index (χ0) is 12.1. The molecule has 1 heterocycles. The van der Waals surface area contributed by atoms with E-state index in [1.54, 1.807) is 12.1 Å². The van der Waals surface area contributed by atoms with Crippen LogP contribution in [0.25, 0.3) is 0 Å². The highest BCUT2D eigenvalue weighted by Gasteiger charge is 2.12. The van der Waals surface area contributed by atoms with Crippen molar-refractivity contribution in [2.75, 3.05) is 44.3 Å². The first kappa shape index (κ1) is 12.5. The summed E-state index contributed by atoms with van der Waals surface area (Å²) < 4.78 is 17.3. The molecule has 0 aromatic heterocycles. The molecule has 94 valence electrons. The van der Waals surface area contributed by atoms with E-state index in [-0.39, 0.29) is 0 Å². The standard InChI is InChI=1S/C12H18N2O2S/c13-11-1-3-12(4-2-11)17(15)10-7-14-5-8-16-9-6-14/h1-4H,5-10,13H2.